The molecule has 4 heteroatoms. The molecule has 0 saturated carbocycles. The number of aromatic nitrogens is 2. The van der Waals surface area contributed by atoms with Gasteiger partial charge in [-0.2, -0.15) is 0 Å². The molecule has 8 aromatic carbocycles. The average Bonchev–Trinajstić information content (AvgIpc) is 3.22. The van der Waals surface area contributed by atoms with E-state index < -0.39 is 0 Å². The van der Waals surface area contributed by atoms with E-state index in [1.54, 1.807) is 0 Å². The zero-order valence-electron chi connectivity index (χ0n) is 28.1. The maximum absolute atomic E-state index is 6.85. The van der Waals surface area contributed by atoms with E-state index in [0.29, 0.717) is 5.82 Å². The number of hydrogen-bond acceptors (Lipinski definition) is 4. The quantitative estimate of drug-likeness (QED) is 0.177. The number of fused-ring (bicyclic) bond motifs is 3. The maximum Gasteiger partial charge on any atom is 0.164 e. The van der Waals surface area contributed by atoms with Crippen molar-refractivity contribution in [3.63, 3.8) is 0 Å². The summed E-state index contributed by atoms with van der Waals surface area (Å²) in [6, 6.07) is 65.4. The second-order valence-corrected chi connectivity index (χ2v) is 13.0. The Balaban J connectivity index is 1.07. The van der Waals surface area contributed by atoms with Crippen LogP contribution in [0, 0.1) is 0 Å². The summed E-state index contributed by atoms with van der Waals surface area (Å²) in [5.74, 6) is 2.24. The number of rotatable bonds is 6. The Hall–Kier alpha value is -7.04. The Labute approximate surface area is 301 Å². The Morgan fingerprint density at radius 1 is 0.385 bits per heavy atom. The first kappa shape index (κ1) is 29.8. The zero-order valence-corrected chi connectivity index (χ0v) is 28.1. The lowest BCUT2D eigenvalue weighted by Gasteiger charge is -2.26. The van der Waals surface area contributed by atoms with E-state index in [9.17, 15) is 0 Å². The van der Waals surface area contributed by atoms with Gasteiger partial charge in [0, 0.05) is 39.0 Å². The first-order chi connectivity index (χ1) is 25.8. The van der Waals surface area contributed by atoms with Crippen LogP contribution < -0.4 is 9.64 Å². The van der Waals surface area contributed by atoms with Crippen molar-refractivity contribution in [2.24, 2.45) is 0 Å². The highest BCUT2D eigenvalue weighted by atomic mass is 16.5. The van der Waals surface area contributed by atoms with Crippen LogP contribution in [0.5, 0.6) is 11.5 Å². The predicted octanol–water partition coefficient (Wildman–Crippen LogP) is 13.0. The Morgan fingerprint density at radius 2 is 0.981 bits per heavy atom. The van der Waals surface area contributed by atoms with E-state index in [0.717, 1.165) is 89.3 Å². The van der Waals surface area contributed by atoms with Gasteiger partial charge in [-0.15, -0.1) is 0 Å². The van der Waals surface area contributed by atoms with Crippen LogP contribution in [0.15, 0.2) is 188 Å². The third-order valence-electron chi connectivity index (χ3n) is 9.88. The number of para-hydroxylation sites is 4. The molecular formula is C48H31N3O. The summed E-state index contributed by atoms with van der Waals surface area (Å²) in [4.78, 5) is 12.5. The second-order valence-electron chi connectivity index (χ2n) is 13.0. The van der Waals surface area contributed by atoms with Gasteiger partial charge in [0.25, 0.3) is 0 Å². The van der Waals surface area contributed by atoms with Crippen molar-refractivity contribution in [3.8, 4) is 56.4 Å². The van der Waals surface area contributed by atoms with Crippen molar-refractivity contribution in [1.82, 2.24) is 9.97 Å². The van der Waals surface area contributed by atoms with Gasteiger partial charge in [-0.3, -0.25) is 0 Å². The van der Waals surface area contributed by atoms with Crippen LogP contribution in [-0.4, -0.2) is 9.97 Å². The van der Waals surface area contributed by atoms with Crippen LogP contribution in [0.1, 0.15) is 0 Å². The summed E-state index contributed by atoms with van der Waals surface area (Å²) in [7, 11) is 0. The topological polar surface area (TPSA) is 38.2 Å². The average molecular weight is 666 g/mol. The molecule has 10 rings (SSSR count). The van der Waals surface area contributed by atoms with Crippen LogP contribution in [0.25, 0.3) is 66.6 Å². The number of ether oxygens (including phenoxy) is 1. The lowest BCUT2D eigenvalue weighted by molar-refractivity contribution is 0.488. The first-order valence-electron chi connectivity index (χ1n) is 17.5. The molecule has 1 aliphatic rings. The van der Waals surface area contributed by atoms with Crippen LogP contribution in [0.2, 0.25) is 0 Å². The Morgan fingerprint density at radius 3 is 1.73 bits per heavy atom. The molecule has 0 bridgehead atoms. The summed E-state index contributed by atoms with van der Waals surface area (Å²) in [5, 5.41) is 3.27. The zero-order chi connectivity index (χ0) is 34.4. The fourth-order valence-electron chi connectivity index (χ4n) is 7.49. The smallest absolute Gasteiger partial charge is 0.164 e. The lowest BCUT2D eigenvalue weighted by atomic mass is 9.89. The van der Waals surface area contributed by atoms with Crippen molar-refractivity contribution in [2.75, 3.05) is 4.90 Å². The number of benzene rings is 8. The summed E-state index contributed by atoms with van der Waals surface area (Å²) >= 11 is 0. The molecule has 52 heavy (non-hydrogen) atoms. The fourth-order valence-corrected chi connectivity index (χ4v) is 7.49. The fraction of sp³-hybridized carbons (Fsp3) is 0. The minimum absolute atomic E-state index is 0.641. The molecule has 4 nitrogen and oxygen atoms in total. The van der Waals surface area contributed by atoms with E-state index in [1.807, 2.05) is 36.4 Å². The highest BCUT2D eigenvalue weighted by Gasteiger charge is 2.26. The molecule has 1 aliphatic heterocycles. The lowest BCUT2D eigenvalue weighted by Crippen LogP contribution is -2.09. The van der Waals surface area contributed by atoms with Gasteiger partial charge < -0.3 is 9.64 Å². The molecule has 0 atom stereocenters. The molecule has 9 aromatic rings. The van der Waals surface area contributed by atoms with Crippen molar-refractivity contribution >= 4 is 38.7 Å². The third-order valence-corrected chi connectivity index (χ3v) is 9.88. The van der Waals surface area contributed by atoms with Crippen molar-refractivity contribution in [1.29, 1.82) is 0 Å². The Kier molecular flexibility index (Phi) is 7.10. The molecular weight excluding hydrogens is 635 g/mol. The molecule has 2 heterocycles. The van der Waals surface area contributed by atoms with Crippen LogP contribution >= 0.6 is 0 Å². The van der Waals surface area contributed by atoms with E-state index in [2.05, 4.69) is 157 Å². The maximum atomic E-state index is 6.85. The first-order valence-corrected chi connectivity index (χ1v) is 17.5. The normalized spacial score (nSPS) is 11.6. The third kappa shape index (κ3) is 5.00. The molecule has 0 unspecified atom stereocenters. The van der Waals surface area contributed by atoms with Crippen molar-refractivity contribution < 1.29 is 4.74 Å². The summed E-state index contributed by atoms with van der Waals surface area (Å²) in [6.07, 6.45) is 0. The number of hydrogen-bond donors (Lipinski definition) is 0. The molecule has 0 aliphatic carbocycles. The van der Waals surface area contributed by atoms with E-state index in [1.165, 1.54) is 0 Å². The molecule has 0 fully saturated rings. The van der Waals surface area contributed by atoms with Crippen LogP contribution in [-0.2, 0) is 0 Å². The SMILES string of the molecule is c1ccc(-c2nc(-c3cccc4c3Oc3ccc(-c5ccc(N(c6ccccc6)c6ccccc6)cc5)c5cccc-4c35)nc3ccccc23)cc1. The molecule has 0 amide bonds. The van der Waals surface area contributed by atoms with Gasteiger partial charge >= 0.3 is 0 Å². The Bertz CT molecular complexity index is 2710. The van der Waals surface area contributed by atoms with Gasteiger partial charge in [-0.05, 0) is 76.7 Å². The molecule has 1 aromatic heterocycles. The van der Waals surface area contributed by atoms with E-state index >= 15 is 0 Å². The largest absolute Gasteiger partial charge is 0.455 e. The highest BCUT2D eigenvalue weighted by molar-refractivity contribution is 6.10. The second kappa shape index (κ2) is 12.4. The van der Waals surface area contributed by atoms with Gasteiger partial charge in [0.1, 0.15) is 11.5 Å². The van der Waals surface area contributed by atoms with Gasteiger partial charge in [0.15, 0.2) is 5.82 Å². The number of anilines is 3. The standard InChI is InChI=1S/C48H31N3O/c1-4-14-33(15-5-1)46-41-20-10-11-25-43(41)49-48(50-46)42-24-13-23-40-39-22-12-21-38-37(30-31-44(45(38)39)52-47(40)42)32-26-28-36(29-27-32)51(34-16-6-2-7-17-34)35-18-8-3-9-19-35/h1-31H. The minimum atomic E-state index is 0.641. The predicted molar refractivity (Wildman–Crippen MR) is 214 cm³/mol. The van der Waals surface area contributed by atoms with Crippen LogP contribution in [0.4, 0.5) is 17.1 Å². The molecule has 244 valence electrons. The molecule has 0 radical (unpaired) electrons. The van der Waals surface area contributed by atoms with Gasteiger partial charge in [0.05, 0.1) is 16.8 Å². The highest BCUT2D eigenvalue weighted by Crippen LogP contribution is 2.51. The van der Waals surface area contributed by atoms with Crippen molar-refractivity contribution in [3.05, 3.63) is 188 Å². The van der Waals surface area contributed by atoms with Crippen LogP contribution in [0.3, 0.4) is 0 Å². The van der Waals surface area contributed by atoms with Gasteiger partial charge in [-0.1, -0.05) is 133 Å². The van der Waals surface area contributed by atoms with Gasteiger partial charge in [0.2, 0.25) is 0 Å². The summed E-state index contributed by atoms with van der Waals surface area (Å²) < 4.78 is 6.85. The minimum Gasteiger partial charge on any atom is -0.455 e. The summed E-state index contributed by atoms with van der Waals surface area (Å²) in [6.45, 7) is 0. The van der Waals surface area contributed by atoms with E-state index in [4.69, 9.17) is 14.7 Å². The van der Waals surface area contributed by atoms with Gasteiger partial charge in [-0.25, -0.2) is 9.97 Å². The summed E-state index contributed by atoms with van der Waals surface area (Å²) in [5.41, 5.74) is 11.5. The number of nitrogens with zero attached hydrogens (tertiary/aromatic N) is 3. The molecule has 0 saturated heterocycles. The van der Waals surface area contributed by atoms with Crippen molar-refractivity contribution in [2.45, 2.75) is 0 Å². The molecule has 0 spiro atoms. The van der Waals surface area contributed by atoms with E-state index in [-0.39, 0.29) is 0 Å². The molecule has 0 N–H and O–H groups in total. The monoisotopic (exact) mass is 665 g/mol.